The largest absolute Gasteiger partial charge is 0.423 e. The van der Waals surface area contributed by atoms with E-state index < -0.39 is 17.6 Å². The summed E-state index contributed by atoms with van der Waals surface area (Å²) >= 11 is 0. The van der Waals surface area contributed by atoms with Crippen LogP contribution in [0.5, 0.6) is 0 Å². The zero-order valence-electron chi connectivity index (χ0n) is 17.8. The monoisotopic (exact) mass is 462 g/mol. The molecule has 9 heteroatoms. The van der Waals surface area contributed by atoms with Crippen molar-refractivity contribution in [1.82, 2.24) is 4.98 Å². The lowest BCUT2D eigenvalue weighted by atomic mass is 10.1. The van der Waals surface area contributed by atoms with Crippen LogP contribution in [-0.4, -0.2) is 10.9 Å². The quantitative estimate of drug-likeness (QED) is 0.352. The van der Waals surface area contributed by atoms with Gasteiger partial charge in [-0.15, -0.1) is 0 Å². The van der Waals surface area contributed by atoms with Crippen molar-refractivity contribution in [3.63, 3.8) is 0 Å². The summed E-state index contributed by atoms with van der Waals surface area (Å²) < 4.78 is 44.6. The third-order valence-corrected chi connectivity index (χ3v) is 4.99. The molecule has 0 fully saturated rings. The van der Waals surface area contributed by atoms with E-state index in [0.29, 0.717) is 22.7 Å². The molecule has 0 saturated heterocycles. The lowest BCUT2D eigenvalue weighted by molar-refractivity contribution is -0.137. The molecule has 0 spiro atoms. The van der Waals surface area contributed by atoms with Crippen LogP contribution in [0.3, 0.4) is 0 Å². The Hall–Kier alpha value is -4.58. The molecular weight excluding hydrogens is 445 g/mol. The molecule has 0 radical (unpaired) electrons. The molecule has 0 aliphatic heterocycles. The molecule has 6 nitrogen and oxygen atoms in total. The lowest BCUT2D eigenvalue weighted by Gasteiger charge is -2.12. The average molecular weight is 462 g/mol. The van der Waals surface area contributed by atoms with E-state index in [4.69, 9.17) is 9.68 Å². The maximum absolute atomic E-state index is 12.9. The van der Waals surface area contributed by atoms with Crippen LogP contribution in [0.15, 0.2) is 77.3 Å². The third kappa shape index (κ3) is 5.07. The first-order chi connectivity index (χ1) is 16.2. The Morgan fingerprint density at radius 2 is 1.82 bits per heavy atom. The number of nitriles is 1. The molecule has 0 aliphatic carbocycles. The van der Waals surface area contributed by atoms with Gasteiger partial charge in [-0.25, -0.2) is 4.98 Å². The fourth-order valence-electron chi connectivity index (χ4n) is 3.16. The number of carbonyl (C=O) groups is 1. The summed E-state index contributed by atoms with van der Waals surface area (Å²) in [4.78, 5) is 16.7. The van der Waals surface area contributed by atoms with E-state index >= 15 is 0 Å². The molecule has 0 unspecified atom stereocenters. The van der Waals surface area contributed by atoms with Gasteiger partial charge in [-0.1, -0.05) is 12.1 Å². The predicted molar refractivity (Wildman–Crippen MR) is 121 cm³/mol. The number of hydrogen-bond donors (Lipinski definition) is 2. The van der Waals surface area contributed by atoms with Crippen LogP contribution < -0.4 is 10.6 Å². The molecule has 0 atom stereocenters. The number of rotatable bonds is 5. The third-order valence-electron chi connectivity index (χ3n) is 4.99. The Morgan fingerprint density at radius 3 is 2.53 bits per heavy atom. The molecule has 1 amide bonds. The second kappa shape index (κ2) is 9.11. The topological polar surface area (TPSA) is 91.0 Å². The van der Waals surface area contributed by atoms with E-state index in [0.717, 1.165) is 23.3 Å². The second-order valence-electron chi connectivity index (χ2n) is 7.41. The number of alkyl halides is 3. The van der Waals surface area contributed by atoms with E-state index in [9.17, 15) is 18.0 Å². The smallest absolute Gasteiger partial charge is 0.416 e. The zero-order valence-corrected chi connectivity index (χ0v) is 17.8. The molecule has 4 aromatic rings. The summed E-state index contributed by atoms with van der Waals surface area (Å²) in [5.41, 5.74) is 2.08. The van der Waals surface area contributed by atoms with E-state index in [1.54, 1.807) is 42.5 Å². The summed E-state index contributed by atoms with van der Waals surface area (Å²) in [7, 11) is 0. The van der Waals surface area contributed by atoms with Crippen LogP contribution in [0.1, 0.15) is 27.0 Å². The van der Waals surface area contributed by atoms with Crippen molar-refractivity contribution in [2.24, 2.45) is 0 Å². The van der Waals surface area contributed by atoms with Gasteiger partial charge in [-0.2, -0.15) is 18.4 Å². The van der Waals surface area contributed by atoms with Gasteiger partial charge < -0.3 is 15.1 Å². The summed E-state index contributed by atoms with van der Waals surface area (Å²) in [5.74, 6) is -0.168. The Bertz CT molecular complexity index is 1390. The van der Waals surface area contributed by atoms with E-state index in [1.165, 1.54) is 18.3 Å². The number of aromatic nitrogens is 1. The van der Waals surface area contributed by atoms with E-state index in [2.05, 4.69) is 15.6 Å². The molecule has 170 valence electrons. The highest BCUT2D eigenvalue weighted by Gasteiger charge is 2.30. The van der Waals surface area contributed by atoms with Crippen molar-refractivity contribution >= 4 is 23.3 Å². The van der Waals surface area contributed by atoms with Gasteiger partial charge >= 0.3 is 6.18 Å². The zero-order chi connectivity index (χ0) is 24.3. The molecule has 34 heavy (non-hydrogen) atoms. The number of amides is 1. The fourth-order valence-corrected chi connectivity index (χ4v) is 3.16. The van der Waals surface area contributed by atoms with E-state index in [-0.39, 0.29) is 11.6 Å². The maximum atomic E-state index is 12.9. The first-order valence-corrected chi connectivity index (χ1v) is 10.1. The van der Waals surface area contributed by atoms with Crippen molar-refractivity contribution in [3.05, 3.63) is 95.2 Å². The van der Waals surface area contributed by atoms with Crippen molar-refractivity contribution in [2.75, 3.05) is 10.6 Å². The van der Waals surface area contributed by atoms with E-state index in [1.807, 2.05) is 13.0 Å². The number of hydrogen-bond acceptors (Lipinski definition) is 5. The van der Waals surface area contributed by atoms with Gasteiger partial charge in [0.2, 0.25) is 0 Å². The first kappa shape index (κ1) is 22.6. The molecule has 1 heterocycles. The number of nitrogens with one attached hydrogen (secondary N) is 2. The normalized spacial score (nSPS) is 11.0. The summed E-state index contributed by atoms with van der Waals surface area (Å²) in [5, 5.41) is 14.6. The molecule has 0 aliphatic rings. The van der Waals surface area contributed by atoms with Crippen molar-refractivity contribution in [2.45, 2.75) is 13.1 Å². The average Bonchev–Trinajstić information content (AvgIpc) is 3.29. The highest BCUT2D eigenvalue weighted by Crippen LogP contribution is 2.30. The number of carbonyl (C=O) groups excluding carboxylic acids is 1. The first-order valence-electron chi connectivity index (χ1n) is 10.1. The maximum Gasteiger partial charge on any atom is 0.416 e. The van der Waals surface area contributed by atoms with Crippen LogP contribution in [0, 0.1) is 18.3 Å². The second-order valence-corrected chi connectivity index (χ2v) is 7.41. The van der Waals surface area contributed by atoms with Gasteiger partial charge in [0, 0.05) is 22.5 Å². The molecular formula is C25H17F3N4O2. The SMILES string of the molecule is Cc1ccc(NC(=O)c2cccc(C(F)(F)F)c2)cc1Nc1ncc(-c2ccc(C#N)cc2)o1. The Morgan fingerprint density at radius 1 is 1.06 bits per heavy atom. The summed E-state index contributed by atoms with van der Waals surface area (Å²) in [6.07, 6.45) is -3.00. The van der Waals surface area contributed by atoms with Crippen LogP contribution in [0.4, 0.5) is 30.6 Å². The van der Waals surface area contributed by atoms with Crippen LogP contribution in [-0.2, 0) is 6.18 Å². The van der Waals surface area contributed by atoms with Crippen molar-refractivity contribution in [3.8, 4) is 17.4 Å². The standard InChI is InChI=1S/C25H17F3N4O2/c1-15-5-10-20(31-23(33)18-3-2-4-19(11-18)25(26,27)28)12-21(15)32-24-30-14-22(34-24)17-8-6-16(13-29)7-9-17/h2-12,14H,1H3,(H,30,32)(H,31,33). The predicted octanol–water partition coefficient (Wildman–Crippen LogP) is 6.54. The number of halogens is 3. The van der Waals surface area contributed by atoms with Gasteiger partial charge in [-0.05, 0) is 67.1 Å². The molecule has 0 bridgehead atoms. The number of nitrogens with zero attached hydrogens (tertiary/aromatic N) is 2. The summed E-state index contributed by atoms with van der Waals surface area (Å²) in [6.45, 7) is 1.84. The summed E-state index contributed by atoms with van der Waals surface area (Å²) in [6, 6.07) is 18.3. The minimum Gasteiger partial charge on any atom is -0.423 e. The highest BCUT2D eigenvalue weighted by atomic mass is 19.4. The minimum atomic E-state index is -4.54. The molecule has 1 aromatic heterocycles. The van der Waals surface area contributed by atoms with Crippen LogP contribution in [0.2, 0.25) is 0 Å². The number of benzene rings is 3. The minimum absolute atomic E-state index is 0.107. The lowest BCUT2D eigenvalue weighted by Crippen LogP contribution is -2.14. The Balaban J connectivity index is 1.50. The molecule has 0 saturated carbocycles. The number of aryl methyl sites for hydroxylation is 1. The van der Waals surface area contributed by atoms with Crippen molar-refractivity contribution in [1.29, 1.82) is 5.26 Å². The number of oxazole rings is 1. The molecule has 3 aromatic carbocycles. The molecule has 4 rings (SSSR count). The highest BCUT2D eigenvalue weighted by molar-refractivity contribution is 6.04. The van der Waals surface area contributed by atoms with Gasteiger partial charge in [0.15, 0.2) is 5.76 Å². The Kier molecular flexibility index (Phi) is 6.06. The van der Waals surface area contributed by atoms with Crippen molar-refractivity contribution < 1.29 is 22.4 Å². The van der Waals surface area contributed by atoms with Crippen LogP contribution >= 0.6 is 0 Å². The Labute approximate surface area is 192 Å². The van der Waals surface area contributed by atoms with Gasteiger partial charge in [-0.3, -0.25) is 4.79 Å². The molecule has 2 N–H and O–H groups in total. The van der Waals surface area contributed by atoms with Gasteiger partial charge in [0.25, 0.3) is 11.9 Å². The fraction of sp³-hybridized carbons (Fsp3) is 0.0800. The van der Waals surface area contributed by atoms with Gasteiger partial charge in [0.1, 0.15) is 0 Å². The number of anilines is 3. The van der Waals surface area contributed by atoms with Gasteiger partial charge in [0.05, 0.1) is 23.4 Å². The van der Waals surface area contributed by atoms with Crippen LogP contribution in [0.25, 0.3) is 11.3 Å².